The largest absolute Gasteiger partial charge is 0.361 e. The molecule has 8 N–H and O–H groups in total. The predicted molar refractivity (Wildman–Crippen MR) is 194 cm³/mol. The third-order valence-corrected chi connectivity index (χ3v) is 10.5. The first-order valence-corrected chi connectivity index (χ1v) is 17.9. The zero-order valence-corrected chi connectivity index (χ0v) is 29.2. The number of para-hydroxylation sites is 1. The van der Waals surface area contributed by atoms with Gasteiger partial charge in [0.05, 0.1) is 6.04 Å². The van der Waals surface area contributed by atoms with Crippen LogP contribution in [0.15, 0.2) is 76.9 Å². The number of aromatic amines is 1. The number of unbranched alkanes of at least 4 members (excludes halogenated alkanes) is 1. The fraction of sp³-hybridized carbons (Fsp3) is 0.405. The van der Waals surface area contributed by atoms with Gasteiger partial charge in [-0.25, -0.2) is 4.98 Å². The standard InChI is InChI=1S/C37H48N8O3S/c1-24-10-7-11-25-21-43-35(47)32(20-27-23-41-29-14-4-3-13-28(27)29)45(2)37(48)31(15-5-6-17-38)44-34(46)30(16-8-18-39)42-22-26-12-9-19-40-36(26)49-33(24)25/h3-4,7,9-14,19,23,30-32,41-42H,5-6,8,15-18,20-22,38-39H2,1-2H3,(H,43,47)(H,44,46)/t30-,31-,32-/m0/s1. The quantitative estimate of drug-likeness (QED) is 0.145. The number of rotatable bonds is 9. The Balaban J connectivity index is 1.55. The third kappa shape index (κ3) is 9.07. The van der Waals surface area contributed by atoms with Crippen molar-refractivity contribution in [1.82, 2.24) is 30.8 Å². The van der Waals surface area contributed by atoms with Gasteiger partial charge < -0.3 is 37.3 Å². The van der Waals surface area contributed by atoms with E-state index in [0.29, 0.717) is 51.7 Å². The number of amides is 3. The van der Waals surface area contributed by atoms with E-state index in [4.69, 9.17) is 16.5 Å². The maximum Gasteiger partial charge on any atom is 0.245 e. The van der Waals surface area contributed by atoms with Crippen molar-refractivity contribution in [2.45, 2.75) is 86.6 Å². The summed E-state index contributed by atoms with van der Waals surface area (Å²) in [6, 6.07) is 15.5. The Labute approximate surface area is 292 Å². The van der Waals surface area contributed by atoms with Gasteiger partial charge in [0.15, 0.2) is 0 Å². The second kappa shape index (κ2) is 17.4. The van der Waals surface area contributed by atoms with E-state index in [-0.39, 0.29) is 30.7 Å². The summed E-state index contributed by atoms with van der Waals surface area (Å²) in [5.41, 5.74) is 16.5. The number of hydrogen-bond donors (Lipinski definition) is 6. The maximum absolute atomic E-state index is 14.3. The summed E-state index contributed by atoms with van der Waals surface area (Å²) < 4.78 is 0. The topological polar surface area (TPSA) is 171 Å². The average molecular weight is 685 g/mol. The molecule has 12 heteroatoms. The first-order chi connectivity index (χ1) is 23.8. The molecule has 1 aliphatic rings. The molecule has 0 aliphatic carbocycles. The molecule has 2 aromatic carbocycles. The van der Waals surface area contributed by atoms with Crippen molar-refractivity contribution in [3.63, 3.8) is 0 Å². The van der Waals surface area contributed by atoms with Gasteiger partial charge in [-0.15, -0.1) is 0 Å². The van der Waals surface area contributed by atoms with Crippen molar-refractivity contribution in [3.8, 4) is 0 Å². The molecule has 11 nitrogen and oxygen atoms in total. The van der Waals surface area contributed by atoms with Crippen LogP contribution in [0.1, 0.15) is 54.4 Å². The zero-order valence-electron chi connectivity index (χ0n) is 28.3. The van der Waals surface area contributed by atoms with Gasteiger partial charge in [0, 0.05) is 54.8 Å². The number of aromatic nitrogens is 2. The lowest BCUT2D eigenvalue weighted by Gasteiger charge is -2.32. The van der Waals surface area contributed by atoms with Gasteiger partial charge in [-0.1, -0.05) is 54.2 Å². The number of nitrogens with two attached hydrogens (primary N) is 2. The molecule has 3 amide bonds. The molecule has 4 aromatic rings. The smallest absolute Gasteiger partial charge is 0.245 e. The minimum Gasteiger partial charge on any atom is -0.361 e. The van der Waals surface area contributed by atoms with Gasteiger partial charge in [-0.05, 0) is 86.5 Å². The van der Waals surface area contributed by atoms with E-state index in [0.717, 1.165) is 43.1 Å². The highest BCUT2D eigenvalue weighted by Crippen LogP contribution is 2.34. The van der Waals surface area contributed by atoms with Crippen molar-refractivity contribution in [3.05, 3.63) is 89.2 Å². The first-order valence-electron chi connectivity index (χ1n) is 17.0. The SMILES string of the molecule is Cc1cccc2c1Sc1ncccc1CN[C@@H](CCCN)C(=O)N[C@@H](CCCCN)C(=O)N(C)[C@@H](Cc1c[nH]c3ccccc13)C(=O)NC2. The van der Waals surface area contributed by atoms with E-state index >= 15 is 0 Å². The van der Waals surface area contributed by atoms with Crippen LogP contribution in [0.3, 0.4) is 0 Å². The molecule has 0 radical (unpaired) electrons. The molecule has 0 saturated carbocycles. The number of benzene rings is 2. The Morgan fingerprint density at radius 1 is 0.878 bits per heavy atom. The van der Waals surface area contributed by atoms with E-state index in [9.17, 15) is 14.4 Å². The zero-order chi connectivity index (χ0) is 34.8. The number of likely N-dealkylation sites (N-methyl/N-ethyl adjacent to an activating group) is 1. The predicted octanol–water partition coefficient (Wildman–Crippen LogP) is 3.53. The Kier molecular flexibility index (Phi) is 12.8. The molecule has 0 spiro atoms. The summed E-state index contributed by atoms with van der Waals surface area (Å²) >= 11 is 1.55. The molecular formula is C37H48N8O3S. The minimum absolute atomic E-state index is 0.271. The van der Waals surface area contributed by atoms with Crippen LogP contribution < -0.4 is 27.4 Å². The van der Waals surface area contributed by atoms with Gasteiger partial charge in [0.25, 0.3) is 0 Å². The van der Waals surface area contributed by atoms with Crippen molar-refractivity contribution in [2.24, 2.45) is 11.5 Å². The fourth-order valence-electron chi connectivity index (χ4n) is 6.26. The van der Waals surface area contributed by atoms with E-state index in [1.54, 1.807) is 25.0 Å². The summed E-state index contributed by atoms with van der Waals surface area (Å²) in [6.45, 7) is 3.62. The summed E-state index contributed by atoms with van der Waals surface area (Å²) in [7, 11) is 1.65. The highest BCUT2D eigenvalue weighted by atomic mass is 32.2. The normalized spacial score (nSPS) is 19.6. The number of nitrogens with one attached hydrogen (secondary N) is 4. The molecule has 0 fully saturated rings. The highest BCUT2D eigenvalue weighted by molar-refractivity contribution is 7.99. The van der Waals surface area contributed by atoms with Gasteiger partial charge in [0.2, 0.25) is 17.7 Å². The Morgan fingerprint density at radius 2 is 1.65 bits per heavy atom. The lowest BCUT2D eigenvalue weighted by Crippen LogP contribution is -2.57. The van der Waals surface area contributed by atoms with Gasteiger partial charge in [0.1, 0.15) is 17.1 Å². The van der Waals surface area contributed by atoms with E-state index in [1.165, 1.54) is 4.90 Å². The number of aryl methyl sites for hydroxylation is 1. The Hall–Kier alpha value is -4.23. The van der Waals surface area contributed by atoms with Crippen molar-refractivity contribution < 1.29 is 14.4 Å². The summed E-state index contributed by atoms with van der Waals surface area (Å²) in [4.78, 5) is 53.0. The molecule has 3 heterocycles. The molecule has 5 rings (SSSR count). The summed E-state index contributed by atoms with van der Waals surface area (Å²) in [6.07, 6.45) is 6.82. The van der Waals surface area contributed by atoms with Crippen LogP contribution in [0.25, 0.3) is 10.9 Å². The second-order valence-electron chi connectivity index (χ2n) is 12.6. The van der Waals surface area contributed by atoms with Crippen LogP contribution in [0.4, 0.5) is 0 Å². The monoisotopic (exact) mass is 684 g/mol. The molecule has 260 valence electrons. The highest BCUT2D eigenvalue weighted by Gasteiger charge is 2.34. The number of H-pyrrole nitrogens is 1. The average Bonchev–Trinajstić information content (AvgIpc) is 3.52. The molecule has 1 aliphatic heterocycles. The minimum atomic E-state index is -0.842. The molecule has 49 heavy (non-hydrogen) atoms. The van der Waals surface area contributed by atoms with Crippen molar-refractivity contribution in [2.75, 3.05) is 20.1 Å². The van der Waals surface area contributed by atoms with Crippen LogP contribution in [0.2, 0.25) is 0 Å². The summed E-state index contributed by atoms with van der Waals surface area (Å²) in [5, 5.41) is 11.4. The Bertz CT molecular complexity index is 1740. The maximum atomic E-state index is 14.3. The van der Waals surface area contributed by atoms with E-state index < -0.39 is 18.1 Å². The Morgan fingerprint density at radius 3 is 2.47 bits per heavy atom. The number of carbonyl (C=O) groups is 3. The lowest BCUT2D eigenvalue weighted by atomic mass is 10.0. The molecule has 0 saturated heterocycles. The van der Waals surface area contributed by atoms with Gasteiger partial charge in [-0.2, -0.15) is 0 Å². The van der Waals surface area contributed by atoms with Crippen LogP contribution in [0.5, 0.6) is 0 Å². The molecule has 0 bridgehead atoms. The molecule has 3 atom stereocenters. The number of fused-ring (bicyclic) bond motifs is 3. The fourth-order valence-corrected chi connectivity index (χ4v) is 7.34. The number of hydrogen-bond acceptors (Lipinski definition) is 8. The second-order valence-corrected chi connectivity index (χ2v) is 13.6. The van der Waals surface area contributed by atoms with Gasteiger partial charge >= 0.3 is 0 Å². The molecular weight excluding hydrogens is 637 g/mol. The van der Waals surface area contributed by atoms with Crippen LogP contribution in [-0.2, 0) is 33.9 Å². The van der Waals surface area contributed by atoms with E-state index in [2.05, 4.69) is 20.9 Å². The van der Waals surface area contributed by atoms with E-state index in [1.807, 2.05) is 67.7 Å². The van der Waals surface area contributed by atoms with Crippen LogP contribution in [0, 0.1) is 6.92 Å². The van der Waals surface area contributed by atoms with Crippen LogP contribution >= 0.6 is 11.8 Å². The number of carbonyl (C=O) groups excluding carboxylic acids is 3. The van der Waals surface area contributed by atoms with Gasteiger partial charge in [-0.3, -0.25) is 14.4 Å². The molecule has 0 unspecified atom stereocenters. The van der Waals surface area contributed by atoms with Crippen LogP contribution in [-0.4, -0.2) is 70.9 Å². The third-order valence-electron chi connectivity index (χ3n) is 9.12. The summed E-state index contributed by atoms with van der Waals surface area (Å²) in [5.74, 6) is -0.890. The number of nitrogens with zero attached hydrogens (tertiary/aromatic N) is 2. The number of pyridine rings is 1. The van der Waals surface area contributed by atoms with Crippen molar-refractivity contribution >= 4 is 40.4 Å². The first kappa shape index (κ1) is 36.1. The van der Waals surface area contributed by atoms with Crippen molar-refractivity contribution in [1.29, 1.82) is 0 Å². The lowest BCUT2D eigenvalue weighted by molar-refractivity contribution is -0.142. The molecule has 2 aromatic heterocycles.